The van der Waals surface area contributed by atoms with Crippen molar-refractivity contribution in [3.05, 3.63) is 89.0 Å². The lowest BCUT2D eigenvalue weighted by atomic mass is 9.81. The molecule has 3 heterocycles. The van der Waals surface area contributed by atoms with Gasteiger partial charge in [-0.25, -0.2) is 4.79 Å². The molecular weight excluding hydrogens is 482 g/mol. The highest BCUT2D eigenvalue weighted by Crippen LogP contribution is 2.47. The van der Waals surface area contributed by atoms with Gasteiger partial charge in [-0.3, -0.25) is 4.90 Å². The first-order chi connectivity index (χ1) is 19.2. The number of anilines is 1. The summed E-state index contributed by atoms with van der Waals surface area (Å²) in [7, 11) is 0. The molecule has 0 amide bonds. The second kappa shape index (κ2) is 10.2. The molecule has 0 saturated heterocycles. The Morgan fingerprint density at radius 2 is 1.64 bits per heavy atom. The van der Waals surface area contributed by atoms with E-state index >= 15 is 0 Å². The van der Waals surface area contributed by atoms with Crippen LogP contribution in [-0.2, 0) is 19.5 Å². The van der Waals surface area contributed by atoms with Gasteiger partial charge in [0.1, 0.15) is 0 Å². The minimum absolute atomic E-state index is 0.373. The van der Waals surface area contributed by atoms with Crippen molar-refractivity contribution in [3.8, 4) is 11.3 Å². The van der Waals surface area contributed by atoms with Gasteiger partial charge in [0.25, 0.3) is 0 Å². The molecule has 3 aliphatic rings. The minimum atomic E-state index is -0.856. The molecule has 2 aliphatic heterocycles. The highest BCUT2D eigenvalue weighted by atomic mass is 16.4. The fraction of sp³-hybridized carbons (Fsp3) is 0.382. The summed E-state index contributed by atoms with van der Waals surface area (Å²) in [5.41, 5.74) is 9.80. The molecule has 5 heteroatoms. The molecule has 39 heavy (non-hydrogen) atoms. The molecule has 1 saturated carbocycles. The van der Waals surface area contributed by atoms with Crippen molar-refractivity contribution in [1.82, 2.24) is 9.47 Å². The number of benzene rings is 3. The van der Waals surface area contributed by atoms with Gasteiger partial charge in [0.15, 0.2) is 0 Å². The Bertz CT molecular complexity index is 1530. The topological polar surface area (TPSA) is 48.7 Å². The minimum Gasteiger partial charge on any atom is -0.478 e. The van der Waals surface area contributed by atoms with E-state index in [9.17, 15) is 9.90 Å². The molecule has 5 nitrogen and oxygen atoms in total. The molecule has 4 aromatic rings. The Hall–Kier alpha value is -3.57. The molecule has 0 radical (unpaired) electrons. The van der Waals surface area contributed by atoms with Gasteiger partial charge in [0.05, 0.1) is 11.3 Å². The third-order valence-corrected chi connectivity index (χ3v) is 9.35. The third-order valence-electron chi connectivity index (χ3n) is 9.35. The smallest absolute Gasteiger partial charge is 0.335 e. The summed E-state index contributed by atoms with van der Waals surface area (Å²) in [6.45, 7) is 5.94. The van der Waals surface area contributed by atoms with Crippen molar-refractivity contribution in [2.75, 3.05) is 31.1 Å². The Morgan fingerprint density at radius 3 is 2.49 bits per heavy atom. The van der Waals surface area contributed by atoms with Crippen LogP contribution in [0.15, 0.2) is 66.7 Å². The van der Waals surface area contributed by atoms with Crippen LogP contribution in [-0.4, -0.2) is 46.7 Å². The molecule has 0 bridgehead atoms. The van der Waals surface area contributed by atoms with Crippen LogP contribution in [0.2, 0.25) is 0 Å². The SMILES string of the molecule is O=C(O)c1ccc2c(C3CCCCC3)c3n(c2c1)CCN(CCN1CCc2ccccc2C1)c1ccccc1-3. The number of carboxylic acid groups (broad SMARTS) is 1. The average molecular weight is 520 g/mol. The van der Waals surface area contributed by atoms with E-state index in [4.69, 9.17) is 0 Å². The van der Waals surface area contributed by atoms with Gasteiger partial charge in [0, 0.05) is 61.4 Å². The molecule has 3 aromatic carbocycles. The van der Waals surface area contributed by atoms with Crippen molar-refractivity contribution in [3.63, 3.8) is 0 Å². The van der Waals surface area contributed by atoms with E-state index in [0.29, 0.717) is 11.5 Å². The van der Waals surface area contributed by atoms with Crippen molar-refractivity contribution in [2.45, 2.75) is 57.5 Å². The van der Waals surface area contributed by atoms with Gasteiger partial charge in [-0.1, -0.05) is 67.8 Å². The molecule has 1 aliphatic carbocycles. The molecule has 1 aromatic heterocycles. The lowest BCUT2D eigenvalue weighted by molar-refractivity contribution is 0.0697. The molecule has 200 valence electrons. The summed E-state index contributed by atoms with van der Waals surface area (Å²) in [5.74, 6) is -0.327. The monoisotopic (exact) mass is 519 g/mol. The maximum Gasteiger partial charge on any atom is 0.335 e. The Labute approximate surface area is 230 Å². The number of rotatable bonds is 5. The molecule has 1 N–H and O–H groups in total. The van der Waals surface area contributed by atoms with E-state index in [2.05, 4.69) is 69.0 Å². The first-order valence-electron chi connectivity index (χ1n) is 14.7. The number of fused-ring (bicyclic) bond motifs is 6. The summed E-state index contributed by atoms with van der Waals surface area (Å²) in [6.07, 6.45) is 7.43. The predicted molar refractivity (Wildman–Crippen MR) is 158 cm³/mol. The van der Waals surface area contributed by atoms with Gasteiger partial charge < -0.3 is 14.6 Å². The fourth-order valence-corrected chi connectivity index (χ4v) is 7.37. The summed E-state index contributed by atoms with van der Waals surface area (Å²) < 4.78 is 2.45. The van der Waals surface area contributed by atoms with Crippen LogP contribution in [0.4, 0.5) is 5.69 Å². The van der Waals surface area contributed by atoms with Crippen molar-refractivity contribution in [1.29, 1.82) is 0 Å². The first-order valence-corrected chi connectivity index (χ1v) is 14.7. The van der Waals surface area contributed by atoms with Crippen LogP contribution in [0.3, 0.4) is 0 Å². The van der Waals surface area contributed by atoms with E-state index in [1.165, 1.54) is 71.1 Å². The normalized spacial score (nSPS) is 17.9. The lowest BCUT2D eigenvalue weighted by Gasteiger charge is -2.32. The number of carbonyl (C=O) groups is 1. The average Bonchev–Trinajstić information content (AvgIpc) is 3.21. The highest BCUT2D eigenvalue weighted by molar-refractivity contribution is 5.99. The molecule has 0 spiro atoms. The Kier molecular flexibility index (Phi) is 6.40. The van der Waals surface area contributed by atoms with Crippen LogP contribution < -0.4 is 4.90 Å². The number of aromatic nitrogens is 1. The first kappa shape index (κ1) is 24.5. The van der Waals surface area contributed by atoms with Gasteiger partial charge in [0.2, 0.25) is 0 Å². The van der Waals surface area contributed by atoms with Crippen molar-refractivity contribution in [2.24, 2.45) is 0 Å². The summed E-state index contributed by atoms with van der Waals surface area (Å²) >= 11 is 0. The second-order valence-electron chi connectivity index (χ2n) is 11.6. The van der Waals surface area contributed by atoms with Crippen LogP contribution in [0, 0.1) is 0 Å². The van der Waals surface area contributed by atoms with Crippen molar-refractivity contribution >= 4 is 22.6 Å². The molecular formula is C34H37N3O2. The Morgan fingerprint density at radius 1 is 0.846 bits per heavy atom. The van der Waals surface area contributed by atoms with E-state index in [0.717, 1.165) is 51.2 Å². The van der Waals surface area contributed by atoms with Gasteiger partial charge in [-0.2, -0.15) is 0 Å². The number of aromatic carboxylic acids is 1. The molecule has 1 fully saturated rings. The largest absolute Gasteiger partial charge is 0.478 e. The molecule has 0 unspecified atom stereocenters. The van der Waals surface area contributed by atoms with E-state index in [1.807, 2.05) is 6.07 Å². The van der Waals surface area contributed by atoms with E-state index < -0.39 is 5.97 Å². The predicted octanol–water partition coefficient (Wildman–Crippen LogP) is 6.93. The van der Waals surface area contributed by atoms with Crippen LogP contribution in [0.5, 0.6) is 0 Å². The van der Waals surface area contributed by atoms with Crippen LogP contribution >= 0.6 is 0 Å². The Balaban J connectivity index is 1.26. The lowest BCUT2D eigenvalue weighted by Crippen LogP contribution is -2.38. The zero-order valence-electron chi connectivity index (χ0n) is 22.6. The zero-order chi connectivity index (χ0) is 26.3. The van der Waals surface area contributed by atoms with Crippen LogP contribution in [0.25, 0.3) is 22.2 Å². The van der Waals surface area contributed by atoms with E-state index in [-0.39, 0.29) is 0 Å². The number of hydrogen-bond donors (Lipinski definition) is 1. The van der Waals surface area contributed by atoms with Crippen molar-refractivity contribution < 1.29 is 9.90 Å². The maximum atomic E-state index is 11.9. The molecule has 7 rings (SSSR count). The van der Waals surface area contributed by atoms with E-state index in [1.54, 1.807) is 6.07 Å². The fourth-order valence-electron chi connectivity index (χ4n) is 7.37. The highest BCUT2D eigenvalue weighted by Gasteiger charge is 2.30. The second-order valence-corrected chi connectivity index (χ2v) is 11.6. The summed E-state index contributed by atoms with van der Waals surface area (Å²) in [6, 6.07) is 23.6. The maximum absolute atomic E-state index is 11.9. The quantitative estimate of drug-likeness (QED) is 0.311. The number of carboxylic acids is 1. The number of para-hydroxylation sites is 1. The van der Waals surface area contributed by atoms with Gasteiger partial charge in [-0.15, -0.1) is 0 Å². The zero-order valence-corrected chi connectivity index (χ0v) is 22.6. The summed E-state index contributed by atoms with van der Waals surface area (Å²) in [5, 5.41) is 11.0. The van der Waals surface area contributed by atoms with Gasteiger partial charge in [-0.05, 0) is 60.1 Å². The molecule has 0 atom stereocenters. The van der Waals surface area contributed by atoms with Crippen LogP contribution in [0.1, 0.15) is 65.1 Å². The third kappa shape index (κ3) is 4.43. The number of hydrogen-bond acceptors (Lipinski definition) is 3. The standard InChI is InChI=1S/C34H37N3O2/c38-34(39)26-14-15-28-31(22-26)37-21-20-36(19-18-35-17-16-24-8-4-5-11-27(24)23-35)30-13-7-6-12-29(30)33(37)32(28)25-9-2-1-3-10-25/h4-8,11-15,22,25H,1-3,9-10,16-21,23H2,(H,38,39). The summed E-state index contributed by atoms with van der Waals surface area (Å²) in [4.78, 5) is 17.1. The van der Waals surface area contributed by atoms with Gasteiger partial charge >= 0.3 is 5.97 Å². The number of nitrogens with zero attached hydrogens (tertiary/aromatic N) is 3.